The van der Waals surface area contributed by atoms with E-state index in [1.54, 1.807) is 24.4 Å². The molecule has 2 aromatic carbocycles. The summed E-state index contributed by atoms with van der Waals surface area (Å²) in [5.41, 5.74) is 4.16. The number of benzene rings is 2. The molecular formula is C24H22N4O3. The van der Waals surface area contributed by atoms with E-state index in [0.717, 1.165) is 11.1 Å². The van der Waals surface area contributed by atoms with Crippen LogP contribution < -0.4 is 20.9 Å². The van der Waals surface area contributed by atoms with Gasteiger partial charge in [-0.1, -0.05) is 35.9 Å². The number of rotatable bonds is 5. The van der Waals surface area contributed by atoms with E-state index < -0.39 is 0 Å². The average molecular weight is 414 g/mol. The molecule has 0 saturated heterocycles. The van der Waals surface area contributed by atoms with E-state index in [-0.39, 0.29) is 18.2 Å². The van der Waals surface area contributed by atoms with Gasteiger partial charge in [-0.3, -0.25) is 9.20 Å². The molecule has 0 saturated carbocycles. The second kappa shape index (κ2) is 8.71. The van der Waals surface area contributed by atoms with Gasteiger partial charge in [0.05, 0.1) is 11.4 Å². The molecule has 2 amide bonds. The van der Waals surface area contributed by atoms with Gasteiger partial charge in [0.2, 0.25) is 0 Å². The smallest absolute Gasteiger partial charge is 0.323 e. The van der Waals surface area contributed by atoms with Crippen LogP contribution in [0.2, 0.25) is 0 Å². The van der Waals surface area contributed by atoms with Gasteiger partial charge < -0.3 is 15.4 Å². The number of aromatic nitrogens is 2. The first-order chi connectivity index (χ1) is 15.0. The topological polar surface area (TPSA) is 84.7 Å². The third-order valence-electron chi connectivity index (χ3n) is 4.76. The van der Waals surface area contributed by atoms with Crippen molar-refractivity contribution in [2.24, 2.45) is 0 Å². The second-order valence-corrected chi connectivity index (χ2v) is 7.20. The first-order valence-corrected chi connectivity index (χ1v) is 9.84. The van der Waals surface area contributed by atoms with Crippen molar-refractivity contribution in [1.82, 2.24) is 9.38 Å². The summed E-state index contributed by atoms with van der Waals surface area (Å²) < 4.78 is 7.38. The lowest BCUT2D eigenvalue weighted by Gasteiger charge is -2.13. The quantitative estimate of drug-likeness (QED) is 0.502. The van der Waals surface area contributed by atoms with Crippen LogP contribution in [-0.4, -0.2) is 15.4 Å². The maximum atomic E-state index is 12.4. The number of carbonyl (C=O) groups excluding carboxylic acids is 1. The minimum atomic E-state index is -0.377. The van der Waals surface area contributed by atoms with Crippen molar-refractivity contribution in [3.05, 3.63) is 100 Å². The van der Waals surface area contributed by atoms with Gasteiger partial charge in [-0.05, 0) is 49.7 Å². The lowest BCUT2D eigenvalue weighted by Crippen LogP contribution is -2.20. The maximum absolute atomic E-state index is 12.4. The van der Waals surface area contributed by atoms with Crippen molar-refractivity contribution in [2.45, 2.75) is 20.5 Å². The Balaban J connectivity index is 1.48. The van der Waals surface area contributed by atoms with E-state index in [1.165, 1.54) is 10.5 Å². The molecule has 4 aromatic rings. The maximum Gasteiger partial charge on any atom is 0.323 e. The number of hydrogen-bond donors (Lipinski definition) is 2. The van der Waals surface area contributed by atoms with E-state index in [4.69, 9.17) is 4.74 Å². The van der Waals surface area contributed by atoms with Gasteiger partial charge in [-0.2, -0.15) is 0 Å². The Morgan fingerprint density at radius 3 is 2.58 bits per heavy atom. The zero-order chi connectivity index (χ0) is 21.8. The summed E-state index contributed by atoms with van der Waals surface area (Å²) in [4.78, 5) is 29.3. The Bertz CT molecular complexity index is 1300. The molecule has 0 spiro atoms. The van der Waals surface area contributed by atoms with Crippen molar-refractivity contribution >= 4 is 23.1 Å². The molecule has 7 nitrogen and oxygen atoms in total. The fourth-order valence-electron chi connectivity index (χ4n) is 3.15. The number of nitrogens with zero attached hydrogens (tertiary/aromatic N) is 2. The number of hydrogen-bond acceptors (Lipinski definition) is 4. The van der Waals surface area contributed by atoms with Crippen LogP contribution >= 0.6 is 0 Å². The molecule has 2 N–H and O–H groups in total. The van der Waals surface area contributed by atoms with Gasteiger partial charge in [0.1, 0.15) is 18.0 Å². The highest BCUT2D eigenvalue weighted by molar-refractivity contribution is 6.00. The standard InChI is InChI=1S/C24H22N4O3/c1-16-9-11-18(12-10-16)26-24(30)27-20-7-3-4-8-21(20)31-15-19-14-22(29)28-13-5-6-17(2)23(28)25-19/h3-14H,15H2,1-2H3,(H2,26,27,30). The van der Waals surface area contributed by atoms with Crippen molar-refractivity contribution in [3.8, 4) is 5.75 Å². The van der Waals surface area contributed by atoms with Crippen LogP contribution in [0.15, 0.2) is 77.7 Å². The normalized spacial score (nSPS) is 10.6. The predicted octanol–water partition coefficient (Wildman–Crippen LogP) is 4.53. The largest absolute Gasteiger partial charge is 0.485 e. The predicted molar refractivity (Wildman–Crippen MR) is 121 cm³/mol. The molecule has 156 valence electrons. The number of amides is 2. The van der Waals surface area contributed by atoms with Crippen LogP contribution in [0.3, 0.4) is 0 Å². The number of anilines is 2. The molecule has 2 heterocycles. The number of para-hydroxylation sites is 2. The van der Waals surface area contributed by atoms with Crippen molar-refractivity contribution in [1.29, 1.82) is 0 Å². The molecule has 0 radical (unpaired) electrons. The van der Waals surface area contributed by atoms with E-state index in [9.17, 15) is 9.59 Å². The van der Waals surface area contributed by atoms with Crippen LogP contribution in [0, 0.1) is 13.8 Å². The molecule has 0 unspecified atom stereocenters. The summed E-state index contributed by atoms with van der Waals surface area (Å²) in [7, 11) is 0. The second-order valence-electron chi connectivity index (χ2n) is 7.20. The average Bonchev–Trinajstić information content (AvgIpc) is 2.75. The summed E-state index contributed by atoms with van der Waals surface area (Å²) in [6.45, 7) is 3.98. The Hall–Kier alpha value is -4.13. The molecule has 0 atom stereocenters. The molecule has 7 heteroatoms. The van der Waals surface area contributed by atoms with Crippen LogP contribution in [0.1, 0.15) is 16.8 Å². The summed E-state index contributed by atoms with van der Waals surface area (Å²) in [5, 5.41) is 5.59. The molecule has 0 aliphatic rings. The highest BCUT2D eigenvalue weighted by Crippen LogP contribution is 2.25. The summed E-state index contributed by atoms with van der Waals surface area (Å²) in [6, 6.07) is 19.4. The third kappa shape index (κ3) is 4.72. The molecule has 0 bridgehead atoms. The zero-order valence-corrected chi connectivity index (χ0v) is 17.3. The number of aryl methyl sites for hydroxylation is 2. The molecule has 0 aliphatic carbocycles. The highest BCUT2D eigenvalue weighted by Gasteiger charge is 2.10. The number of nitrogens with one attached hydrogen (secondary N) is 2. The lowest BCUT2D eigenvalue weighted by molar-refractivity contribution is 0.261. The molecule has 0 aliphatic heterocycles. The van der Waals surface area contributed by atoms with Crippen LogP contribution in [-0.2, 0) is 6.61 Å². The van der Waals surface area contributed by atoms with E-state index >= 15 is 0 Å². The van der Waals surface area contributed by atoms with Gasteiger partial charge in [-0.15, -0.1) is 0 Å². The molecule has 4 rings (SSSR count). The SMILES string of the molecule is Cc1ccc(NC(=O)Nc2ccccc2OCc2cc(=O)n3cccc(C)c3n2)cc1. The Morgan fingerprint density at radius 2 is 1.77 bits per heavy atom. The van der Waals surface area contributed by atoms with Gasteiger partial charge in [0, 0.05) is 18.0 Å². The van der Waals surface area contributed by atoms with Gasteiger partial charge in [0.15, 0.2) is 0 Å². The number of urea groups is 1. The van der Waals surface area contributed by atoms with Crippen molar-refractivity contribution in [2.75, 3.05) is 10.6 Å². The van der Waals surface area contributed by atoms with E-state index in [2.05, 4.69) is 15.6 Å². The Labute approximate surface area is 179 Å². The number of carbonyl (C=O) groups is 1. The van der Waals surface area contributed by atoms with E-state index in [1.807, 2.05) is 56.3 Å². The molecule has 2 aromatic heterocycles. The van der Waals surface area contributed by atoms with Crippen molar-refractivity contribution in [3.63, 3.8) is 0 Å². The Kier molecular flexibility index (Phi) is 5.66. The summed E-state index contributed by atoms with van der Waals surface area (Å²) >= 11 is 0. The lowest BCUT2D eigenvalue weighted by atomic mass is 10.2. The first kappa shape index (κ1) is 20.2. The molecular weight excluding hydrogens is 392 g/mol. The number of pyridine rings is 1. The fourth-order valence-corrected chi connectivity index (χ4v) is 3.15. The molecule has 0 fully saturated rings. The molecule has 31 heavy (non-hydrogen) atoms. The first-order valence-electron chi connectivity index (χ1n) is 9.84. The van der Waals surface area contributed by atoms with E-state index in [0.29, 0.717) is 28.5 Å². The fraction of sp³-hybridized carbons (Fsp3) is 0.125. The summed E-state index contributed by atoms with van der Waals surface area (Å²) in [5.74, 6) is 0.480. The van der Waals surface area contributed by atoms with Crippen LogP contribution in [0.25, 0.3) is 5.65 Å². The monoisotopic (exact) mass is 414 g/mol. The highest BCUT2D eigenvalue weighted by atomic mass is 16.5. The number of fused-ring (bicyclic) bond motifs is 1. The van der Waals surface area contributed by atoms with Crippen molar-refractivity contribution < 1.29 is 9.53 Å². The number of ether oxygens (including phenoxy) is 1. The zero-order valence-electron chi connectivity index (χ0n) is 17.3. The van der Waals surface area contributed by atoms with Crippen LogP contribution in [0.4, 0.5) is 16.2 Å². The van der Waals surface area contributed by atoms with Gasteiger partial charge in [0.25, 0.3) is 5.56 Å². The third-order valence-corrected chi connectivity index (χ3v) is 4.76. The summed E-state index contributed by atoms with van der Waals surface area (Å²) in [6.07, 6.45) is 1.69. The minimum Gasteiger partial charge on any atom is -0.485 e. The Morgan fingerprint density at radius 1 is 1.00 bits per heavy atom. The van der Waals surface area contributed by atoms with Gasteiger partial charge in [-0.25, -0.2) is 9.78 Å². The minimum absolute atomic E-state index is 0.0956. The van der Waals surface area contributed by atoms with Crippen LogP contribution in [0.5, 0.6) is 5.75 Å². The van der Waals surface area contributed by atoms with Gasteiger partial charge >= 0.3 is 6.03 Å².